The molecule has 0 amide bonds. The average Bonchev–Trinajstić information content (AvgIpc) is 2.38. The van der Waals surface area contributed by atoms with Crippen LogP contribution in [0.4, 0.5) is 0 Å². The first kappa shape index (κ1) is 15.4. The molecule has 0 radical (unpaired) electrons. The number of rotatable bonds is 5. The molecule has 0 aliphatic heterocycles. The van der Waals surface area contributed by atoms with Crippen LogP contribution in [-0.4, -0.2) is 19.1 Å². The third-order valence-electron chi connectivity index (χ3n) is 3.50. The van der Waals surface area contributed by atoms with Crippen LogP contribution in [0.5, 0.6) is 0 Å². The standard InChI is InChI=1S/C14H20INO2/c1-4-12(16)14(2,9-13(17)18-3)10-5-7-11(15)8-6-10/h5-8,12H,4,9,16H2,1-3H3. The molecule has 1 rings (SSSR count). The van der Waals surface area contributed by atoms with Gasteiger partial charge in [-0.15, -0.1) is 0 Å². The molecule has 0 bridgehead atoms. The van der Waals surface area contributed by atoms with Crippen LogP contribution in [0.25, 0.3) is 0 Å². The molecule has 0 aromatic heterocycles. The molecule has 4 heteroatoms. The molecular weight excluding hydrogens is 341 g/mol. The summed E-state index contributed by atoms with van der Waals surface area (Å²) in [5, 5.41) is 0. The Morgan fingerprint density at radius 1 is 1.44 bits per heavy atom. The van der Waals surface area contributed by atoms with Crippen LogP contribution < -0.4 is 5.73 Å². The monoisotopic (exact) mass is 361 g/mol. The van der Waals surface area contributed by atoms with Crippen LogP contribution >= 0.6 is 22.6 Å². The van der Waals surface area contributed by atoms with E-state index >= 15 is 0 Å². The van der Waals surface area contributed by atoms with Crippen molar-refractivity contribution in [3.8, 4) is 0 Å². The highest BCUT2D eigenvalue weighted by Crippen LogP contribution is 2.32. The summed E-state index contributed by atoms with van der Waals surface area (Å²) >= 11 is 2.26. The Hall–Kier alpha value is -0.620. The van der Waals surface area contributed by atoms with E-state index in [0.29, 0.717) is 6.42 Å². The molecule has 2 atom stereocenters. The van der Waals surface area contributed by atoms with E-state index in [1.807, 2.05) is 38.1 Å². The minimum absolute atomic E-state index is 0.0725. The SMILES string of the molecule is CCC(N)C(C)(CC(=O)OC)c1ccc(I)cc1. The minimum atomic E-state index is -0.383. The van der Waals surface area contributed by atoms with Gasteiger partial charge in [0.05, 0.1) is 13.5 Å². The molecule has 100 valence electrons. The van der Waals surface area contributed by atoms with Gasteiger partial charge in [0.1, 0.15) is 0 Å². The summed E-state index contributed by atoms with van der Waals surface area (Å²) in [6.45, 7) is 4.06. The second-order valence-electron chi connectivity index (χ2n) is 4.69. The zero-order valence-electron chi connectivity index (χ0n) is 11.1. The van der Waals surface area contributed by atoms with Crippen LogP contribution in [0.15, 0.2) is 24.3 Å². The second-order valence-corrected chi connectivity index (χ2v) is 5.94. The number of ether oxygens (including phenoxy) is 1. The van der Waals surface area contributed by atoms with Gasteiger partial charge >= 0.3 is 5.97 Å². The summed E-state index contributed by atoms with van der Waals surface area (Å²) in [5.74, 6) is -0.222. The first-order valence-electron chi connectivity index (χ1n) is 6.02. The average molecular weight is 361 g/mol. The maximum atomic E-state index is 11.6. The maximum absolute atomic E-state index is 11.6. The Bertz CT molecular complexity index is 405. The second kappa shape index (κ2) is 6.52. The molecule has 1 aromatic rings. The minimum Gasteiger partial charge on any atom is -0.469 e. The van der Waals surface area contributed by atoms with Gasteiger partial charge < -0.3 is 10.5 Å². The van der Waals surface area contributed by atoms with E-state index < -0.39 is 0 Å². The summed E-state index contributed by atoms with van der Waals surface area (Å²) in [6, 6.07) is 8.08. The molecular formula is C14H20INO2. The Morgan fingerprint density at radius 3 is 2.44 bits per heavy atom. The lowest BCUT2D eigenvalue weighted by atomic mass is 9.73. The van der Waals surface area contributed by atoms with E-state index in [2.05, 4.69) is 22.6 Å². The fourth-order valence-electron chi connectivity index (χ4n) is 2.10. The Labute approximate surface area is 122 Å². The number of carbonyl (C=O) groups is 1. The van der Waals surface area contributed by atoms with E-state index in [4.69, 9.17) is 10.5 Å². The number of benzene rings is 1. The van der Waals surface area contributed by atoms with Gasteiger partial charge in [-0.1, -0.05) is 26.0 Å². The lowest BCUT2D eigenvalue weighted by molar-refractivity contribution is -0.142. The highest BCUT2D eigenvalue weighted by atomic mass is 127. The number of nitrogens with two attached hydrogens (primary N) is 1. The van der Waals surface area contributed by atoms with Crippen molar-refractivity contribution in [1.82, 2.24) is 0 Å². The lowest BCUT2D eigenvalue weighted by Gasteiger charge is -2.34. The molecule has 2 N–H and O–H groups in total. The molecule has 0 aliphatic rings. The van der Waals surface area contributed by atoms with Gasteiger partial charge in [-0.3, -0.25) is 4.79 Å². The highest BCUT2D eigenvalue weighted by molar-refractivity contribution is 14.1. The number of hydrogen-bond donors (Lipinski definition) is 1. The van der Waals surface area contributed by atoms with Crippen molar-refractivity contribution in [2.24, 2.45) is 5.73 Å². The van der Waals surface area contributed by atoms with Gasteiger partial charge in [0.15, 0.2) is 0 Å². The quantitative estimate of drug-likeness (QED) is 0.648. The van der Waals surface area contributed by atoms with E-state index in [1.165, 1.54) is 10.7 Å². The summed E-state index contributed by atoms with van der Waals surface area (Å²) < 4.78 is 5.96. The van der Waals surface area contributed by atoms with Crippen LogP contribution in [0, 0.1) is 3.57 Å². The highest BCUT2D eigenvalue weighted by Gasteiger charge is 2.35. The zero-order valence-corrected chi connectivity index (χ0v) is 13.2. The van der Waals surface area contributed by atoms with Crippen molar-refractivity contribution in [3.05, 3.63) is 33.4 Å². The van der Waals surface area contributed by atoms with Crippen molar-refractivity contribution in [1.29, 1.82) is 0 Å². The molecule has 0 fully saturated rings. The summed E-state index contributed by atoms with van der Waals surface area (Å²) in [6.07, 6.45) is 1.12. The first-order chi connectivity index (χ1) is 8.43. The van der Waals surface area contributed by atoms with Gasteiger partial charge in [-0.2, -0.15) is 0 Å². The number of methoxy groups -OCH3 is 1. The predicted molar refractivity (Wildman–Crippen MR) is 81.4 cm³/mol. The van der Waals surface area contributed by atoms with E-state index in [0.717, 1.165) is 12.0 Å². The smallest absolute Gasteiger partial charge is 0.306 e. The topological polar surface area (TPSA) is 52.3 Å². The normalized spacial score (nSPS) is 15.8. The third-order valence-corrected chi connectivity index (χ3v) is 4.22. The predicted octanol–water partition coefficient (Wildman–Crippen LogP) is 2.85. The Kier molecular flexibility index (Phi) is 5.59. The van der Waals surface area contributed by atoms with Crippen LogP contribution in [0.3, 0.4) is 0 Å². The molecule has 1 aromatic carbocycles. The molecule has 0 aliphatic carbocycles. The van der Waals surface area contributed by atoms with Crippen molar-refractivity contribution < 1.29 is 9.53 Å². The Balaban J connectivity index is 3.11. The van der Waals surface area contributed by atoms with Gasteiger partial charge in [-0.05, 0) is 46.7 Å². The number of halogens is 1. The third kappa shape index (κ3) is 3.45. The van der Waals surface area contributed by atoms with Gasteiger partial charge in [0.2, 0.25) is 0 Å². The lowest BCUT2D eigenvalue weighted by Crippen LogP contribution is -2.44. The van der Waals surface area contributed by atoms with Crippen molar-refractivity contribution in [2.45, 2.75) is 38.1 Å². The van der Waals surface area contributed by atoms with E-state index in [-0.39, 0.29) is 17.4 Å². The molecule has 3 nitrogen and oxygen atoms in total. The number of hydrogen-bond acceptors (Lipinski definition) is 3. The summed E-state index contributed by atoms with van der Waals surface area (Å²) in [4.78, 5) is 11.6. The van der Waals surface area contributed by atoms with Crippen molar-refractivity contribution >= 4 is 28.6 Å². The Morgan fingerprint density at radius 2 is 2.00 bits per heavy atom. The van der Waals surface area contributed by atoms with Crippen molar-refractivity contribution in [3.63, 3.8) is 0 Å². The number of carbonyl (C=O) groups excluding carboxylic acids is 1. The van der Waals surface area contributed by atoms with Gasteiger partial charge in [-0.25, -0.2) is 0 Å². The zero-order chi connectivity index (χ0) is 13.8. The van der Waals surface area contributed by atoms with Crippen molar-refractivity contribution in [2.75, 3.05) is 7.11 Å². The molecule has 0 saturated carbocycles. The van der Waals surface area contributed by atoms with Crippen LogP contribution in [0.1, 0.15) is 32.3 Å². The molecule has 0 heterocycles. The molecule has 0 saturated heterocycles. The fourth-order valence-corrected chi connectivity index (χ4v) is 2.46. The van der Waals surface area contributed by atoms with E-state index in [9.17, 15) is 4.79 Å². The molecule has 18 heavy (non-hydrogen) atoms. The molecule has 2 unspecified atom stereocenters. The summed E-state index contributed by atoms with van der Waals surface area (Å²) in [7, 11) is 1.41. The molecule has 0 spiro atoms. The maximum Gasteiger partial charge on any atom is 0.306 e. The first-order valence-corrected chi connectivity index (χ1v) is 7.10. The van der Waals surface area contributed by atoms with Crippen LogP contribution in [-0.2, 0) is 14.9 Å². The largest absolute Gasteiger partial charge is 0.469 e. The number of esters is 1. The van der Waals surface area contributed by atoms with Crippen LogP contribution in [0.2, 0.25) is 0 Å². The fraction of sp³-hybridized carbons (Fsp3) is 0.500. The van der Waals surface area contributed by atoms with Gasteiger partial charge in [0.25, 0.3) is 0 Å². The van der Waals surface area contributed by atoms with E-state index in [1.54, 1.807) is 0 Å². The van der Waals surface area contributed by atoms with Gasteiger partial charge in [0, 0.05) is 15.0 Å². The summed E-state index contributed by atoms with van der Waals surface area (Å²) in [5.41, 5.74) is 6.92.